The topological polar surface area (TPSA) is 9.23 Å². The third kappa shape index (κ3) is 2.84. The maximum absolute atomic E-state index is 5.59. The first-order valence-corrected chi connectivity index (χ1v) is 5.66. The van der Waals surface area contributed by atoms with Gasteiger partial charge in [0.15, 0.2) is 0 Å². The van der Waals surface area contributed by atoms with Crippen LogP contribution in [0.2, 0.25) is 6.55 Å². The molecular formula is C8H16OSi. The van der Waals surface area contributed by atoms with Crippen molar-refractivity contribution in [1.29, 1.82) is 0 Å². The largest absolute Gasteiger partial charge is 0.415 e. The van der Waals surface area contributed by atoms with Gasteiger partial charge in [-0.25, -0.2) is 0 Å². The molecule has 1 rings (SSSR count). The van der Waals surface area contributed by atoms with Crippen molar-refractivity contribution < 1.29 is 4.43 Å². The van der Waals surface area contributed by atoms with E-state index in [1.807, 2.05) is 0 Å². The molecule has 1 nitrogen and oxygen atoms in total. The molecule has 0 aromatic carbocycles. The number of hydrogen-bond donors (Lipinski definition) is 0. The molecule has 1 saturated carbocycles. The van der Waals surface area contributed by atoms with Gasteiger partial charge in [-0.2, -0.15) is 0 Å². The Bertz CT molecular complexity index is 77.3. The molecule has 2 radical (unpaired) electrons. The molecule has 1 aliphatic carbocycles. The number of hydrogen-bond acceptors (Lipinski definition) is 1. The molecular weight excluding hydrogens is 140 g/mol. The second-order valence-corrected chi connectivity index (χ2v) is 3.58. The Kier molecular flexibility index (Phi) is 4.06. The lowest BCUT2D eigenvalue weighted by molar-refractivity contribution is 0.194. The minimum atomic E-state index is 0.603. The predicted molar refractivity (Wildman–Crippen MR) is 44.2 cm³/mol. The van der Waals surface area contributed by atoms with Crippen molar-refractivity contribution in [1.82, 2.24) is 0 Å². The highest BCUT2D eigenvalue weighted by atomic mass is 28.2. The Morgan fingerprint density at radius 2 is 1.70 bits per heavy atom. The van der Waals surface area contributed by atoms with Crippen LogP contribution in [0.25, 0.3) is 0 Å². The van der Waals surface area contributed by atoms with Crippen molar-refractivity contribution in [3.8, 4) is 0 Å². The standard InChI is InChI=1S/C8H16OSi/c1-10-9-8-6-4-2-3-5-7-8/h8H,2-7H2,1H3. The molecule has 0 spiro atoms. The van der Waals surface area contributed by atoms with Gasteiger partial charge in [-0.3, -0.25) is 0 Å². The minimum Gasteiger partial charge on any atom is -0.415 e. The Labute approximate surface area is 66.1 Å². The van der Waals surface area contributed by atoms with Gasteiger partial charge in [0.05, 0.1) is 0 Å². The molecule has 58 valence electrons. The molecule has 10 heavy (non-hydrogen) atoms. The monoisotopic (exact) mass is 156 g/mol. The molecule has 0 amide bonds. The molecule has 1 aliphatic rings. The predicted octanol–water partition coefficient (Wildman–Crippen LogP) is 2.39. The van der Waals surface area contributed by atoms with Crippen LogP contribution in [0.4, 0.5) is 0 Å². The molecule has 2 heteroatoms. The van der Waals surface area contributed by atoms with Gasteiger partial charge in [0.1, 0.15) is 0 Å². The van der Waals surface area contributed by atoms with Crippen molar-refractivity contribution in [3.05, 3.63) is 0 Å². The summed E-state index contributed by atoms with van der Waals surface area (Å²) >= 11 is 0. The Hall–Kier alpha value is 0.177. The zero-order valence-corrected chi connectivity index (χ0v) is 7.73. The van der Waals surface area contributed by atoms with Gasteiger partial charge in [0.2, 0.25) is 9.76 Å². The minimum absolute atomic E-state index is 0.603. The summed E-state index contributed by atoms with van der Waals surface area (Å²) in [5.74, 6) is 0. The van der Waals surface area contributed by atoms with Gasteiger partial charge >= 0.3 is 0 Å². The third-order valence-electron chi connectivity index (χ3n) is 2.09. The molecule has 0 saturated heterocycles. The Morgan fingerprint density at radius 1 is 1.10 bits per heavy atom. The van der Waals surface area contributed by atoms with E-state index >= 15 is 0 Å². The van der Waals surface area contributed by atoms with Crippen LogP contribution in [0.15, 0.2) is 0 Å². The fourth-order valence-electron chi connectivity index (χ4n) is 1.53. The third-order valence-corrected chi connectivity index (χ3v) is 2.66. The smallest absolute Gasteiger partial charge is 0.226 e. The van der Waals surface area contributed by atoms with E-state index in [1.165, 1.54) is 38.5 Å². The Morgan fingerprint density at radius 3 is 2.20 bits per heavy atom. The summed E-state index contributed by atoms with van der Waals surface area (Å²) in [5, 5.41) is 0. The van der Waals surface area contributed by atoms with E-state index < -0.39 is 0 Å². The first-order chi connectivity index (χ1) is 4.93. The molecule has 0 atom stereocenters. The van der Waals surface area contributed by atoms with Crippen molar-refractivity contribution in [2.45, 2.75) is 51.2 Å². The summed E-state index contributed by atoms with van der Waals surface area (Å²) in [5.41, 5.74) is 0. The lowest BCUT2D eigenvalue weighted by atomic mass is 10.2. The van der Waals surface area contributed by atoms with E-state index in [0.29, 0.717) is 15.9 Å². The van der Waals surface area contributed by atoms with Crippen LogP contribution < -0.4 is 0 Å². The zero-order valence-electron chi connectivity index (χ0n) is 6.73. The van der Waals surface area contributed by atoms with Gasteiger partial charge < -0.3 is 4.43 Å². The average Bonchev–Trinajstić information content (AvgIpc) is 2.17. The molecule has 0 N–H and O–H groups in total. The van der Waals surface area contributed by atoms with Crippen molar-refractivity contribution in [2.75, 3.05) is 0 Å². The van der Waals surface area contributed by atoms with Crippen LogP contribution in [0.1, 0.15) is 38.5 Å². The van der Waals surface area contributed by atoms with Crippen LogP contribution in [0.5, 0.6) is 0 Å². The summed E-state index contributed by atoms with van der Waals surface area (Å²) in [6, 6.07) is 0. The maximum atomic E-state index is 5.59. The van der Waals surface area contributed by atoms with Crippen molar-refractivity contribution >= 4 is 9.76 Å². The molecule has 0 bridgehead atoms. The van der Waals surface area contributed by atoms with Gasteiger partial charge in [0.25, 0.3) is 0 Å². The zero-order chi connectivity index (χ0) is 7.23. The van der Waals surface area contributed by atoms with E-state index in [1.54, 1.807) is 0 Å². The van der Waals surface area contributed by atoms with Gasteiger partial charge in [-0.15, -0.1) is 0 Å². The molecule has 1 fully saturated rings. The molecule has 0 aromatic heterocycles. The fourth-order valence-corrected chi connectivity index (χ4v) is 2.10. The SMILES string of the molecule is C[Si]OC1CCCCCC1. The van der Waals surface area contributed by atoms with Crippen LogP contribution in [-0.4, -0.2) is 15.9 Å². The van der Waals surface area contributed by atoms with E-state index in [0.717, 1.165) is 0 Å². The van der Waals surface area contributed by atoms with E-state index in [9.17, 15) is 0 Å². The lowest BCUT2D eigenvalue weighted by Gasteiger charge is -2.12. The summed E-state index contributed by atoms with van der Waals surface area (Å²) in [4.78, 5) is 0. The molecule has 0 aliphatic heterocycles. The van der Waals surface area contributed by atoms with Gasteiger partial charge in [-0.05, 0) is 19.4 Å². The van der Waals surface area contributed by atoms with Crippen molar-refractivity contribution in [2.24, 2.45) is 0 Å². The van der Waals surface area contributed by atoms with Crippen LogP contribution in [0, 0.1) is 0 Å². The second-order valence-electron chi connectivity index (χ2n) is 2.94. The Balaban J connectivity index is 2.15. The van der Waals surface area contributed by atoms with E-state index in [2.05, 4.69) is 6.55 Å². The van der Waals surface area contributed by atoms with E-state index in [4.69, 9.17) is 4.43 Å². The normalized spacial score (nSPS) is 22.5. The van der Waals surface area contributed by atoms with E-state index in [-0.39, 0.29) is 0 Å². The second kappa shape index (κ2) is 4.91. The highest BCUT2D eigenvalue weighted by molar-refractivity contribution is 6.24. The van der Waals surface area contributed by atoms with Crippen LogP contribution in [-0.2, 0) is 4.43 Å². The first-order valence-electron chi connectivity index (χ1n) is 4.26. The molecule has 0 heterocycles. The van der Waals surface area contributed by atoms with Crippen LogP contribution >= 0.6 is 0 Å². The van der Waals surface area contributed by atoms with Gasteiger partial charge in [0, 0.05) is 6.10 Å². The summed E-state index contributed by atoms with van der Waals surface area (Å²) in [6.07, 6.45) is 8.83. The first kappa shape index (κ1) is 8.28. The molecule has 0 aromatic rings. The highest BCUT2D eigenvalue weighted by Crippen LogP contribution is 2.19. The lowest BCUT2D eigenvalue weighted by Crippen LogP contribution is -2.12. The number of rotatable bonds is 2. The summed E-state index contributed by atoms with van der Waals surface area (Å²) in [7, 11) is 0.686. The summed E-state index contributed by atoms with van der Waals surface area (Å²) < 4.78 is 5.59. The quantitative estimate of drug-likeness (QED) is 0.440. The summed E-state index contributed by atoms with van der Waals surface area (Å²) in [6.45, 7) is 2.12. The fraction of sp³-hybridized carbons (Fsp3) is 1.00. The molecule has 0 unspecified atom stereocenters. The van der Waals surface area contributed by atoms with Crippen molar-refractivity contribution in [3.63, 3.8) is 0 Å². The van der Waals surface area contributed by atoms with Gasteiger partial charge in [-0.1, -0.05) is 25.7 Å². The van der Waals surface area contributed by atoms with Crippen LogP contribution in [0.3, 0.4) is 0 Å². The highest BCUT2D eigenvalue weighted by Gasteiger charge is 2.10. The maximum Gasteiger partial charge on any atom is 0.226 e. The average molecular weight is 156 g/mol.